The first kappa shape index (κ1) is 23.1. The van der Waals surface area contributed by atoms with Crippen molar-refractivity contribution in [2.24, 2.45) is 0 Å². The minimum atomic E-state index is -0.0854. The van der Waals surface area contributed by atoms with Crippen molar-refractivity contribution in [1.29, 1.82) is 0 Å². The van der Waals surface area contributed by atoms with Crippen LogP contribution in [0.2, 0.25) is 0 Å². The Bertz CT molecular complexity index is 1360. The Kier molecular flexibility index (Phi) is 6.07. The quantitative estimate of drug-likeness (QED) is 0.339. The standard InChI is InChI=1S/C29H30N4OS/c1-18-9-8-10-19(2)27(18)32-20(3)17-24(21(32)4)28-26(25-11-6-7-16-30-25)31-29(35)33(28)22-12-14-23(34-5)15-13-22/h6-17,26,28H,1-5H3,(H,31,35)/t26-,28-/m0/s1. The van der Waals surface area contributed by atoms with Gasteiger partial charge in [-0.25, -0.2) is 0 Å². The van der Waals surface area contributed by atoms with E-state index in [-0.39, 0.29) is 12.1 Å². The summed E-state index contributed by atoms with van der Waals surface area (Å²) in [6.45, 7) is 8.73. The summed E-state index contributed by atoms with van der Waals surface area (Å²) < 4.78 is 7.77. The van der Waals surface area contributed by atoms with Crippen LogP contribution in [0.1, 0.15) is 45.9 Å². The number of thiocarbonyl (C=S) groups is 1. The molecule has 1 aliphatic heterocycles. The molecule has 1 fully saturated rings. The lowest BCUT2D eigenvalue weighted by molar-refractivity contribution is 0.415. The second-order valence-corrected chi connectivity index (χ2v) is 9.48. The molecule has 35 heavy (non-hydrogen) atoms. The maximum atomic E-state index is 5.90. The number of hydrogen-bond donors (Lipinski definition) is 1. The molecule has 1 saturated heterocycles. The van der Waals surface area contributed by atoms with Gasteiger partial charge in [0, 0.05) is 23.3 Å². The van der Waals surface area contributed by atoms with Crippen molar-refractivity contribution >= 4 is 23.0 Å². The van der Waals surface area contributed by atoms with Crippen molar-refractivity contribution in [1.82, 2.24) is 14.9 Å². The Morgan fingerprint density at radius 1 is 0.914 bits per heavy atom. The van der Waals surface area contributed by atoms with Crippen LogP contribution in [0.5, 0.6) is 5.75 Å². The summed E-state index contributed by atoms with van der Waals surface area (Å²) in [4.78, 5) is 6.91. The summed E-state index contributed by atoms with van der Waals surface area (Å²) in [5, 5.41) is 4.26. The summed E-state index contributed by atoms with van der Waals surface area (Å²) >= 11 is 5.90. The molecule has 2 aromatic carbocycles. The zero-order valence-corrected chi connectivity index (χ0v) is 21.6. The van der Waals surface area contributed by atoms with Gasteiger partial charge in [-0.2, -0.15) is 0 Å². The van der Waals surface area contributed by atoms with Gasteiger partial charge in [0.15, 0.2) is 5.11 Å². The molecule has 5 nitrogen and oxygen atoms in total. The van der Waals surface area contributed by atoms with E-state index in [2.05, 4.69) is 84.9 Å². The topological polar surface area (TPSA) is 42.3 Å². The third-order valence-corrected chi connectivity index (χ3v) is 7.22. The van der Waals surface area contributed by atoms with Gasteiger partial charge in [0.1, 0.15) is 5.75 Å². The molecule has 178 valence electrons. The number of methoxy groups -OCH3 is 1. The Morgan fingerprint density at radius 3 is 2.26 bits per heavy atom. The predicted molar refractivity (Wildman–Crippen MR) is 146 cm³/mol. The van der Waals surface area contributed by atoms with Gasteiger partial charge >= 0.3 is 0 Å². The highest BCUT2D eigenvalue weighted by atomic mass is 32.1. The molecule has 6 heteroatoms. The molecule has 0 aliphatic carbocycles. The lowest BCUT2D eigenvalue weighted by Crippen LogP contribution is -2.29. The largest absolute Gasteiger partial charge is 0.497 e. The number of aromatic nitrogens is 2. The number of ether oxygens (including phenoxy) is 1. The molecule has 2 atom stereocenters. The van der Waals surface area contributed by atoms with Gasteiger partial charge in [0.2, 0.25) is 0 Å². The molecular formula is C29H30N4OS. The average molecular weight is 483 g/mol. The molecule has 1 aliphatic rings. The van der Waals surface area contributed by atoms with E-state index in [1.807, 2.05) is 30.5 Å². The monoisotopic (exact) mass is 482 g/mol. The summed E-state index contributed by atoms with van der Waals surface area (Å²) in [6.07, 6.45) is 1.84. The fourth-order valence-corrected chi connectivity index (χ4v) is 5.63. The van der Waals surface area contributed by atoms with Crippen molar-refractivity contribution in [2.45, 2.75) is 39.8 Å². The number of nitrogens with one attached hydrogen (secondary N) is 1. The highest BCUT2D eigenvalue weighted by Crippen LogP contribution is 2.44. The fraction of sp³-hybridized carbons (Fsp3) is 0.241. The smallest absolute Gasteiger partial charge is 0.174 e. The van der Waals surface area contributed by atoms with Crippen LogP contribution in [0.3, 0.4) is 0 Å². The van der Waals surface area contributed by atoms with Gasteiger partial charge in [0.05, 0.1) is 30.6 Å². The van der Waals surface area contributed by atoms with E-state index in [1.54, 1.807) is 7.11 Å². The third kappa shape index (κ3) is 3.98. The zero-order chi connectivity index (χ0) is 24.7. The van der Waals surface area contributed by atoms with Gasteiger partial charge < -0.3 is 19.5 Å². The molecule has 0 unspecified atom stereocenters. The van der Waals surface area contributed by atoms with E-state index >= 15 is 0 Å². The first-order valence-electron chi connectivity index (χ1n) is 11.8. The molecule has 0 radical (unpaired) electrons. The lowest BCUT2D eigenvalue weighted by Gasteiger charge is -2.28. The van der Waals surface area contributed by atoms with Gasteiger partial charge in [-0.05, 0) is 99.1 Å². The van der Waals surface area contributed by atoms with E-state index in [0.717, 1.165) is 17.1 Å². The van der Waals surface area contributed by atoms with Crippen LogP contribution in [-0.2, 0) is 0 Å². The van der Waals surface area contributed by atoms with Crippen molar-refractivity contribution in [2.75, 3.05) is 12.0 Å². The lowest BCUT2D eigenvalue weighted by atomic mass is 9.96. The number of pyridine rings is 1. The molecular weight excluding hydrogens is 452 g/mol. The van der Waals surface area contributed by atoms with Crippen molar-refractivity contribution in [3.05, 3.63) is 107 Å². The van der Waals surface area contributed by atoms with E-state index < -0.39 is 0 Å². The highest BCUT2D eigenvalue weighted by Gasteiger charge is 2.42. The molecule has 3 heterocycles. The number of hydrogen-bond acceptors (Lipinski definition) is 3. The molecule has 2 aromatic heterocycles. The summed E-state index contributed by atoms with van der Waals surface area (Å²) in [5.74, 6) is 0.817. The second kappa shape index (κ2) is 9.19. The van der Waals surface area contributed by atoms with Crippen molar-refractivity contribution in [3.8, 4) is 11.4 Å². The summed E-state index contributed by atoms with van der Waals surface area (Å²) in [6, 6.07) is 22.7. The Hall–Kier alpha value is -3.64. The van der Waals surface area contributed by atoms with Crippen LogP contribution in [0.25, 0.3) is 5.69 Å². The van der Waals surface area contributed by atoms with E-state index in [0.29, 0.717) is 5.11 Å². The number of aryl methyl sites for hydroxylation is 3. The van der Waals surface area contributed by atoms with Crippen LogP contribution in [0.4, 0.5) is 5.69 Å². The number of rotatable bonds is 5. The SMILES string of the molecule is COc1ccc(N2C(=S)N[C@@H](c3ccccn3)[C@@H]2c2cc(C)n(-c3c(C)cccc3C)c2C)cc1. The summed E-state index contributed by atoms with van der Waals surface area (Å²) in [7, 11) is 1.68. The molecule has 0 bridgehead atoms. The van der Waals surface area contributed by atoms with Crippen LogP contribution in [-0.4, -0.2) is 21.8 Å². The first-order valence-corrected chi connectivity index (χ1v) is 12.2. The van der Waals surface area contributed by atoms with E-state index in [9.17, 15) is 0 Å². The Balaban J connectivity index is 1.69. The molecule has 4 aromatic rings. The fourth-order valence-electron chi connectivity index (χ4n) is 5.28. The van der Waals surface area contributed by atoms with Gasteiger partial charge in [-0.15, -0.1) is 0 Å². The average Bonchev–Trinajstić information content (AvgIpc) is 3.35. The maximum absolute atomic E-state index is 5.90. The van der Waals surface area contributed by atoms with Crippen LogP contribution < -0.4 is 15.0 Å². The number of para-hydroxylation sites is 1. The minimum absolute atomic E-state index is 0.0601. The minimum Gasteiger partial charge on any atom is -0.497 e. The van der Waals surface area contributed by atoms with E-state index in [4.69, 9.17) is 21.9 Å². The van der Waals surface area contributed by atoms with Crippen molar-refractivity contribution < 1.29 is 4.74 Å². The van der Waals surface area contributed by atoms with Crippen LogP contribution in [0.15, 0.2) is 72.9 Å². The zero-order valence-electron chi connectivity index (χ0n) is 20.7. The van der Waals surface area contributed by atoms with Crippen molar-refractivity contribution in [3.63, 3.8) is 0 Å². The first-order chi connectivity index (χ1) is 16.9. The third-order valence-electron chi connectivity index (χ3n) is 6.90. The normalized spacial score (nSPS) is 17.5. The maximum Gasteiger partial charge on any atom is 0.174 e. The number of anilines is 1. The van der Waals surface area contributed by atoms with Crippen LogP contribution >= 0.6 is 12.2 Å². The Labute approximate surface area is 212 Å². The molecule has 0 spiro atoms. The molecule has 1 N–H and O–H groups in total. The second-order valence-electron chi connectivity index (χ2n) is 9.10. The summed E-state index contributed by atoms with van der Waals surface area (Å²) in [5.41, 5.74) is 9.37. The van der Waals surface area contributed by atoms with Gasteiger partial charge in [-0.3, -0.25) is 4.98 Å². The predicted octanol–water partition coefficient (Wildman–Crippen LogP) is 6.29. The van der Waals surface area contributed by atoms with E-state index in [1.165, 1.54) is 33.8 Å². The Morgan fingerprint density at radius 2 is 1.63 bits per heavy atom. The highest BCUT2D eigenvalue weighted by molar-refractivity contribution is 7.80. The van der Waals surface area contributed by atoms with Gasteiger partial charge in [0.25, 0.3) is 0 Å². The number of nitrogens with zero attached hydrogens (tertiary/aromatic N) is 3. The number of benzene rings is 2. The van der Waals surface area contributed by atoms with Crippen LogP contribution in [0, 0.1) is 27.7 Å². The molecule has 5 rings (SSSR count). The molecule has 0 saturated carbocycles. The molecule has 0 amide bonds. The van der Waals surface area contributed by atoms with Gasteiger partial charge in [-0.1, -0.05) is 24.3 Å².